The number of hydrogen-bond acceptors (Lipinski definition) is 4. The number of Topliss-reactive ketones (excluding diaryl/α,β-unsaturated/α-hetero) is 1. The summed E-state index contributed by atoms with van der Waals surface area (Å²) in [5.74, 6) is 0.00516. The number of carbonyl (C=O) groups is 1. The molecule has 0 spiro atoms. The predicted molar refractivity (Wildman–Crippen MR) is 66.5 cm³/mol. The van der Waals surface area contributed by atoms with Gasteiger partial charge in [0.15, 0.2) is 5.78 Å². The van der Waals surface area contributed by atoms with Gasteiger partial charge in [0.2, 0.25) is 0 Å². The van der Waals surface area contributed by atoms with E-state index in [0.717, 1.165) is 31.9 Å². The minimum atomic E-state index is 0.00516. The highest BCUT2D eigenvalue weighted by atomic mass is 16.5. The van der Waals surface area contributed by atoms with Crippen LogP contribution in [0.5, 0.6) is 0 Å². The molecule has 0 saturated carbocycles. The fourth-order valence-corrected chi connectivity index (χ4v) is 2.10. The first-order valence-corrected chi connectivity index (χ1v) is 6.03. The van der Waals surface area contributed by atoms with Crippen molar-refractivity contribution >= 4 is 11.5 Å². The van der Waals surface area contributed by atoms with Gasteiger partial charge in [0.05, 0.1) is 31.1 Å². The summed E-state index contributed by atoms with van der Waals surface area (Å²) in [7, 11) is 0. The van der Waals surface area contributed by atoms with Crippen molar-refractivity contribution in [2.24, 2.45) is 0 Å². The second kappa shape index (κ2) is 5.27. The van der Waals surface area contributed by atoms with Crippen LogP contribution in [0.15, 0.2) is 18.3 Å². The Labute approximate surface area is 102 Å². The van der Waals surface area contributed by atoms with Crippen molar-refractivity contribution in [3.8, 4) is 0 Å². The monoisotopic (exact) mass is 234 g/mol. The highest BCUT2D eigenvalue weighted by molar-refractivity contribution is 5.92. The van der Waals surface area contributed by atoms with Crippen LogP contribution >= 0.6 is 0 Å². The zero-order chi connectivity index (χ0) is 12.3. The number of ketones is 1. The SMILES string of the molecule is CCC1COCCN1c1ccc(C(C)=O)nc1. The third kappa shape index (κ3) is 2.64. The van der Waals surface area contributed by atoms with Crippen LogP contribution < -0.4 is 4.90 Å². The van der Waals surface area contributed by atoms with Gasteiger partial charge in [-0.15, -0.1) is 0 Å². The molecule has 0 aromatic carbocycles. The van der Waals surface area contributed by atoms with Crippen molar-refractivity contribution in [1.82, 2.24) is 4.98 Å². The quantitative estimate of drug-likeness (QED) is 0.749. The van der Waals surface area contributed by atoms with E-state index in [2.05, 4.69) is 16.8 Å². The molecule has 1 atom stereocenters. The Morgan fingerprint density at radius 2 is 2.41 bits per heavy atom. The zero-order valence-electron chi connectivity index (χ0n) is 10.3. The van der Waals surface area contributed by atoms with Gasteiger partial charge in [0, 0.05) is 13.5 Å². The van der Waals surface area contributed by atoms with Gasteiger partial charge in [0.25, 0.3) is 0 Å². The number of carbonyl (C=O) groups excluding carboxylic acids is 1. The standard InChI is InChI=1S/C13H18N2O2/c1-3-11-9-17-7-6-15(11)12-4-5-13(10(2)16)14-8-12/h4-5,8,11H,3,6-7,9H2,1-2H3. The third-order valence-corrected chi connectivity index (χ3v) is 3.14. The molecule has 4 nitrogen and oxygen atoms in total. The number of anilines is 1. The lowest BCUT2D eigenvalue weighted by Gasteiger charge is -2.36. The van der Waals surface area contributed by atoms with Crippen LogP contribution in [0.3, 0.4) is 0 Å². The van der Waals surface area contributed by atoms with Gasteiger partial charge in [-0.2, -0.15) is 0 Å². The minimum absolute atomic E-state index is 0.00516. The largest absolute Gasteiger partial charge is 0.377 e. The van der Waals surface area contributed by atoms with Crippen LogP contribution in [0.4, 0.5) is 5.69 Å². The zero-order valence-corrected chi connectivity index (χ0v) is 10.3. The summed E-state index contributed by atoms with van der Waals surface area (Å²) in [6, 6.07) is 4.17. The molecule has 2 heterocycles. The molecule has 92 valence electrons. The number of morpholine rings is 1. The first-order chi connectivity index (χ1) is 8.22. The third-order valence-electron chi connectivity index (χ3n) is 3.14. The van der Waals surface area contributed by atoms with E-state index in [1.165, 1.54) is 6.92 Å². The molecule has 2 rings (SSSR count). The highest BCUT2D eigenvalue weighted by Crippen LogP contribution is 2.20. The lowest BCUT2D eigenvalue weighted by Crippen LogP contribution is -2.45. The molecule has 1 aliphatic heterocycles. The molecule has 1 aliphatic rings. The van der Waals surface area contributed by atoms with E-state index in [-0.39, 0.29) is 5.78 Å². The van der Waals surface area contributed by atoms with E-state index in [9.17, 15) is 4.79 Å². The van der Waals surface area contributed by atoms with Gasteiger partial charge < -0.3 is 9.64 Å². The van der Waals surface area contributed by atoms with E-state index in [1.54, 1.807) is 12.3 Å². The smallest absolute Gasteiger partial charge is 0.178 e. The lowest BCUT2D eigenvalue weighted by molar-refractivity contribution is 0.0929. The number of nitrogens with zero attached hydrogens (tertiary/aromatic N) is 2. The number of ether oxygens (including phenoxy) is 1. The Morgan fingerprint density at radius 1 is 1.59 bits per heavy atom. The van der Waals surface area contributed by atoms with Crippen molar-refractivity contribution in [3.63, 3.8) is 0 Å². The average Bonchev–Trinajstić information content (AvgIpc) is 2.39. The molecule has 1 saturated heterocycles. The molecule has 1 aromatic heterocycles. The van der Waals surface area contributed by atoms with Gasteiger partial charge in [-0.1, -0.05) is 6.92 Å². The summed E-state index contributed by atoms with van der Waals surface area (Å²) in [5, 5.41) is 0. The molecule has 0 aliphatic carbocycles. The molecule has 1 fully saturated rings. The van der Waals surface area contributed by atoms with E-state index in [0.29, 0.717) is 11.7 Å². The first-order valence-electron chi connectivity index (χ1n) is 6.03. The summed E-state index contributed by atoms with van der Waals surface area (Å²) < 4.78 is 5.47. The summed E-state index contributed by atoms with van der Waals surface area (Å²) in [4.78, 5) is 17.7. The summed E-state index contributed by atoms with van der Waals surface area (Å²) in [6.45, 7) is 6.10. The maximum atomic E-state index is 11.2. The Hall–Kier alpha value is -1.42. The van der Waals surface area contributed by atoms with Crippen LogP contribution in [-0.4, -0.2) is 36.6 Å². The number of pyridine rings is 1. The second-order valence-electron chi connectivity index (χ2n) is 4.29. The normalized spacial score (nSPS) is 20.4. The number of aromatic nitrogens is 1. The lowest BCUT2D eigenvalue weighted by atomic mass is 10.1. The van der Waals surface area contributed by atoms with Gasteiger partial charge in [-0.05, 0) is 18.6 Å². The maximum absolute atomic E-state index is 11.2. The second-order valence-corrected chi connectivity index (χ2v) is 4.29. The summed E-state index contributed by atoms with van der Waals surface area (Å²) in [6.07, 6.45) is 2.83. The Balaban J connectivity index is 2.17. The molecule has 0 amide bonds. The van der Waals surface area contributed by atoms with Gasteiger partial charge in [-0.25, -0.2) is 0 Å². The Bertz CT molecular complexity index is 389. The fraction of sp³-hybridized carbons (Fsp3) is 0.538. The molecule has 0 bridgehead atoms. The first kappa shape index (κ1) is 12.0. The molecular weight excluding hydrogens is 216 g/mol. The number of rotatable bonds is 3. The van der Waals surface area contributed by atoms with Crippen LogP contribution in [0.1, 0.15) is 30.8 Å². The average molecular weight is 234 g/mol. The Kier molecular flexibility index (Phi) is 3.74. The Morgan fingerprint density at radius 3 is 3.00 bits per heavy atom. The van der Waals surface area contributed by atoms with E-state index in [1.807, 2.05) is 6.07 Å². The van der Waals surface area contributed by atoms with Crippen LogP contribution in [-0.2, 0) is 4.74 Å². The summed E-state index contributed by atoms with van der Waals surface area (Å²) >= 11 is 0. The molecule has 1 unspecified atom stereocenters. The van der Waals surface area contributed by atoms with Crippen LogP contribution in [0, 0.1) is 0 Å². The van der Waals surface area contributed by atoms with Gasteiger partial charge in [0.1, 0.15) is 5.69 Å². The van der Waals surface area contributed by atoms with Crippen molar-refractivity contribution in [1.29, 1.82) is 0 Å². The molecule has 0 radical (unpaired) electrons. The van der Waals surface area contributed by atoms with Gasteiger partial charge >= 0.3 is 0 Å². The van der Waals surface area contributed by atoms with Crippen LogP contribution in [0.2, 0.25) is 0 Å². The van der Waals surface area contributed by atoms with E-state index >= 15 is 0 Å². The van der Waals surface area contributed by atoms with Gasteiger partial charge in [-0.3, -0.25) is 9.78 Å². The summed E-state index contributed by atoms with van der Waals surface area (Å²) in [5.41, 5.74) is 1.60. The molecular formula is C13H18N2O2. The molecule has 1 aromatic rings. The van der Waals surface area contributed by atoms with E-state index in [4.69, 9.17) is 4.74 Å². The number of hydrogen-bond donors (Lipinski definition) is 0. The predicted octanol–water partition coefficient (Wildman–Crippen LogP) is 1.90. The topological polar surface area (TPSA) is 42.4 Å². The minimum Gasteiger partial charge on any atom is -0.377 e. The van der Waals surface area contributed by atoms with Crippen molar-refractivity contribution in [3.05, 3.63) is 24.0 Å². The fourth-order valence-electron chi connectivity index (χ4n) is 2.10. The van der Waals surface area contributed by atoms with E-state index < -0.39 is 0 Å². The van der Waals surface area contributed by atoms with Crippen molar-refractivity contribution < 1.29 is 9.53 Å². The maximum Gasteiger partial charge on any atom is 0.178 e. The highest BCUT2D eigenvalue weighted by Gasteiger charge is 2.21. The van der Waals surface area contributed by atoms with Crippen molar-refractivity contribution in [2.45, 2.75) is 26.3 Å². The molecule has 0 N–H and O–H groups in total. The molecule has 17 heavy (non-hydrogen) atoms. The van der Waals surface area contributed by atoms with Crippen molar-refractivity contribution in [2.75, 3.05) is 24.7 Å². The molecule has 4 heteroatoms. The van der Waals surface area contributed by atoms with Crippen LogP contribution in [0.25, 0.3) is 0 Å².